The Hall–Kier alpha value is -2.61. The van der Waals surface area contributed by atoms with Crippen molar-refractivity contribution in [2.45, 2.75) is 11.8 Å². The summed E-state index contributed by atoms with van der Waals surface area (Å²) >= 11 is 0. The lowest BCUT2D eigenvalue weighted by molar-refractivity contribution is -0.261. The molecule has 2 N–H and O–H groups in total. The van der Waals surface area contributed by atoms with Crippen molar-refractivity contribution in [2.24, 2.45) is 0 Å². The van der Waals surface area contributed by atoms with Gasteiger partial charge in [-0.1, -0.05) is 0 Å². The van der Waals surface area contributed by atoms with Crippen LogP contribution in [0.3, 0.4) is 0 Å². The van der Waals surface area contributed by atoms with Gasteiger partial charge >= 0.3 is 6.18 Å². The lowest BCUT2D eigenvalue weighted by Crippen LogP contribution is -2.48. The fourth-order valence-electron chi connectivity index (χ4n) is 2.43. The van der Waals surface area contributed by atoms with Gasteiger partial charge in [0.2, 0.25) is 5.60 Å². The van der Waals surface area contributed by atoms with Gasteiger partial charge in [-0.25, -0.2) is 0 Å². The maximum absolute atomic E-state index is 13.7. The smallest absolute Gasteiger partial charge is 0.423 e. The summed E-state index contributed by atoms with van der Waals surface area (Å²) in [6, 6.07) is 10.1. The SMILES string of the molecule is COc1ccc(NCC(O)(c2ccc(OC)cc2OC)C(F)(F)F)cc1. The first-order valence-corrected chi connectivity index (χ1v) is 7.64. The number of rotatable bonds is 7. The molecule has 2 aromatic carbocycles. The standard InChI is InChI=1S/C18H20F3NO4/c1-24-13-6-4-12(5-7-13)22-11-17(23,18(19,20)21)15-9-8-14(25-2)10-16(15)26-3/h4-10,22-23H,11H2,1-3H3. The molecule has 0 aliphatic heterocycles. The highest BCUT2D eigenvalue weighted by Gasteiger charge is 2.56. The molecular formula is C18H20F3NO4. The minimum absolute atomic E-state index is 0.124. The summed E-state index contributed by atoms with van der Waals surface area (Å²) in [5.41, 5.74) is -3.17. The molecule has 0 saturated heterocycles. The predicted molar refractivity (Wildman–Crippen MR) is 91.0 cm³/mol. The zero-order valence-corrected chi connectivity index (χ0v) is 14.6. The first kappa shape index (κ1) is 19.7. The Morgan fingerprint density at radius 1 is 0.885 bits per heavy atom. The van der Waals surface area contributed by atoms with E-state index in [9.17, 15) is 18.3 Å². The van der Waals surface area contributed by atoms with Crippen LogP contribution in [0.1, 0.15) is 5.56 Å². The number of alkyl halides is 3. The summed E-state index contributed by atoms with van der Waals surface area (Å²) in [6.07, 6.45) is -4.94. The van der Waals surface area contributed by atoms with Gasteiger partial charge in [-0.15, -0.1) is 0 Å². The summed E-state index contributed by atoms with van der Waals surface area (Å²) in [5, 5.41) is 13.1. The number of methoxy groups -OCH3 is 3. The number of hydrogen-bond acceptors (Lipinski definition) is 5. The Bertz CT molecular complexity index is 734. The highest BCUT2D eigenvalue weighted by atomic mass is 19.4. The van der Waals surface area contributed by atoms with E-state index in [0.29, 0.717) is 17.2 Å². The van der Waals surface area contributed by atoms with Crippen LogP contribution in [0, 0.1) is 0 Å². The Kier molecular flexibility index (Phi) is 5.86. The van der Waals surface area contributed by atoms with Gasteiger partial charge in [-0.3, -0.25) is 0 Å². The van der Waals surface area contributed by atoms with Gasteiger partial charge in [-0.2, -0.15) is 13.2 Å². The largest absolute Gasteiger partial charge is 0.497 e. The topological polar surface area (TPSA) is 60.0 Å². The summed E-state index contributed by atoms with van der Waals surface area (Å²) in [5.74, 6) is 0.761. The summed E-state index contributed by atoms with van der Waals surface area (Å²) in [7, 11) is 4.10. The number of hydrogen-bond donors (Lipinski definition) is 2. The fraction of sp³-hybridized carbons (Fsp3) is 0.333. The molecule has 1 atom stereocenters. The molecule has 0 fully saturated rings. The number of anilines is 1. The molecule has 8 heteroatoms. The van der Waals surface area contributed by atoms with Crippen molar-refractivity contribution in [1.82, 2.24) is 0 Å². The van der Waals surface area contributed by atoms with Crippen molar-refractivity contribution in [3.8, 4) is 17.2 Å². The molecule has 5 nitrogen and oxygen atoms in total. The van der Waals surface area contributed by atoms with Crippen LogP contribution in [0.2, 0.25) is 0 Å². The molecular weight excluding hydrogens is 351 g/mol. The molecule has 2 aromatic rings. The Morgan fingerprint density at radius 3 is 1.96 bits per heavy atom. The van der Waals surface area contributed by atoms with Gasteiger partial charge < -0.3 is 24.6 Å². The van der Waals surface area contributed by atoms with Gasteiger partial charge in [0, 0.05) is 17.3 Å². The van der Waals surface area contributed by atoms with Crippen LogP contribution in [0.5, 0.6) is 17.2 Å². The average Bonchev–Trinajstić information content (AvgIpc) is 2.65. The van der Waals surface area contributed by atoms with Crippen molar-refractivity contribution in [3.63, 3.8) is 0 Å². The molecule has 0 heterocycles. The molecule has 26 heavy (non-hydrogen) atoms. The van der Waals surface area contributed by atoms with E-state index in [1.807, 2.05) is 0 Å². The third kappa shape index (κ3) is 3.96. The fourth-order valence-corrected chi connectivity index (χ4v) is 2.43. The van der Waals surface area contributed by atoms with Crippen LogP contribution in [-0.2, 0) is 5.60 Å². The first-order valence-electron chi connectivity index (χ1n) is 7.64. The maximum atomic E-state index is 13.7. The lowest BCUT2D eigenvalue weighted by atomic mass is 9.91. The molecule has 0 bridgehead atoms. The molecule has 1 unspecified atom stereocenters. The monoisotopic (exact) mass is 371 g/mol. The number of ether oxygens (including phenoxy) is 3. The van der Waals surface area contributed by atoms with Gasteiger partial charge in [0.1, 0.15) is 17.2 Å². The maximum Gasteiger partial charge on any atom is 0.423 e. The van der Waals surface area contributed by atoms with Crippen molar-refractivity contribution in [2.75, 3.05) is 33.2 Å². The van der Waals surface area contributed by atoms with E-state index < -0.39 is 23.9 Å². The van der Waals surface area contributed by atoms with Crippen LogP contribution in [0.15, 0.2) is 42.5 Å². The second-order valence-corrected chi connectivity index (χ2v) is 5.51. The van der Waals surface area contributed by atoms with Crippen LogP contribution < -0.4 is 19.5 Å². The molecule has 0 aliphatic carbocycles. The van der Waals surface area contributed by atoms with Crippen LogP contribution >= 0.6 is 0 Å². The molecule has 2 rings (SSSR count). The molecule has 0 aromatic heterocycles. The van der Waals surface area contributed by atoms with Crippen LogP contribution in [0.25, 0.3) is 0 Å². The van der Waals surface area contributed by atoms with Gasteiger partial charge in [0.05, 0.1) is 27.9 Å². The van der Waals surface area contributed by atoms with Crippen molar-refractivity contribution in [1.29, 1.82) is 0 Å². The summed E-state index contributed by atoms with van der Waals surface area (Å²) in [4.78, 5) is 0. The highest BCUT2D eigenvalue weighted by molar-refractivity contribution is 5.49. The minimum atomic E-state index is -4.94. The Labute approximate surface area is 149 Å². The van der Waals surface area contributed by atoms with E-state index in [1.54, 1.807) is 24.3 Å². The normalized spacial score (nSPS) is 13.7. The van der Waals surface area contributed by atoms with Crippen molar-refractivity contribution < 1.29 is 32.5 Å². The molecule has 0 radical (unpaired) electrons. The van der Waals surface area contributed by atoms with Crippen molar-refractivity contribution >= 4 is 5.69 Å². The zero-order chi connectivity index (χ0) is 19.4. The summed E-state index contributed by atoms with van der Waals surface area (Å²) in [6.45, 7) is -0.800. The van der Waals surface area contributed by atoms with E-state index >= 15 is 0 Å². The minimum Gasteiger partial charge on any atom is -0.497 e. The van der Waals surface area contributed by atoms with Gasteiger partial charge in [-0.05, 0) is 36.4 Å². The number of benzene rings is 2. The molecule has 0 saturated carbocycles. The van der Waals surface area contributed by atoms with E-state index in [-0.39, 0.29) is 5.75 Å². The highest BCUT2D eigenvalue weighted by Crippen LogP contribution is 2.44. The lowest BCUT2D eigenvalue weighted by Gasteiger charge is -2.32. The second kappa shape index (κ2) is 7.74. The van der Waals surface area contributed by atoms with Crippen LogP contribution in [0.4, 0.5) is 18.9 Å². The predicted octanol–water partition coefficient (Wildman–Crippen LogP) is 3.57. The third-order valence-corrected chi connectivity index (χ3v) is 3.96. The quantitative estimate of drug-likeness (QED) is 0.779. The summed E-state index contributed by atoms with van der Waals surface area (Å²) < 4.78 is 56.2. The molecule has 142 valence electrons. The van der Waals surface area contributed by atoms with Crippen molar-refractivity contribution in [3.05, 3.63) is 48.0 Å². The van der Waals surface area contributed by atoms with Crippen LogP contribution in [-0.4, -0.2) is 39.2 Å². The molecule has 0 spiro atoms. The Morgan fingerprint density at radius 2 is 1.46 bits per heavy atom. The molecule has 0 amide bonds. The van der Waals surface area contributed by atoms with E-state index in [4.69, 9.17) is 14.2 Å². The average molecular weight is 371 g/mol. The van der Waals surface area contributed by atoms with E-state index in [2.05, 4.69) is 5.32 Å². The Balaban J connectivity index is 2.36. The van der Waals surface area contributed by atoms with E-state index in [0.717, 1.165) is 6.07 Å². The van der Waals surface area contributed by atoms with Gasteiger partial charge in [0.25, 0.3) is 0 Å². The van der Waals surface area contributed by atoms with Gasteiger partial charge in [0.15, 0.2) is 0 Å². The number of nitrogens with one attached hydrogen (secondary N) is 1. The number of aliphatic hydroxyl groups is 1. The van der Waals surface area contributed by atoms with E-state index in [1.165, 1.54) is 33.5 Å². The third-order valence-electron chi connectivity index (χ3n) is 3.96. The first-order chi connectivity index (χ1) is 12.2. The number of halogens is 3. The zero-order valence-electron chi connectivity index (χ0n) is 14.6. The second-order valence-electron chi connectivity index (χ2n) is 5.51. The molecule has 0 aliphatic rings.